The molecule has 1 unspecified atom stereocenters. The van der Waals surface area contributed by atoms with Crippen LogP contribution in [0.4, 0.5) is 0 Å². The summed E-state index contributed by atoms with van der Waals surface area (Å²) in [5, 5.41) is 0. The maximum atomic E-state index is 11.5. The summed E-state index contributed by atoms with van der Waals surface area (Å²) in [5.74, 6) is 0.335. The minimum Gasteiger partial charge on any atom is -0.329 e. The minimum atomic E-state index is 0.00436. The Hall–Kier alpha value is -1.13. The van der Waals surface area contributed by atoms with E-state index in [0.717, 1.165) is 30.5 Å². The molecule has 1 aliphatic heterocycles. The van der Waals surface area contributed by atoms with Crippen molar-refractivity contribution in [2.45, 2.75) is 25.7 Å². The van der Waals surface area contributed by atoms with Crippen molar-refractivity contribution in [3.8, 4) is 0 Å². The van der Waals surface area contributed by atoms with Crippen molar-refractivity contribution in [2.75, 3.05) is 13.2 Å². The van der Waals surface area contributed by atoms with E-state index < -0.39 is 0 Å². The third-order valence-corrected chi connectivity index (χ3v) is 2.91. The first kappa shape index (κ1) is 10.4. The van der Waals surface area contributed by atoms with Crippen LogP contribution in [-0.4, -0.2) is 18.1 Å². The second-order valence-corrected chi connectivity index (χ2v) is 3.93. The summed E-state index contributed by atoms with van der Waals surface area (Å²) in [5.41, 5.74) is 4.83. The van der Waals surface area contributed by atoms with Crippen LogP contribution < -0.4 is 11.0 Å². The molecule has 0 aromatic carbocycles. The van der Waals surface area contributed by atoms with E-state index in [2.05, 4.69) is 10.5 Å². The van der Waals surface area contributed by atoms with E-state index in [1.807, 2.05) is 13.0 Å². The van der Waals surface area contributed by atoms with Crippen LogP contribution in [0.15, 0.2) is 17.1 Å². The third kappa shape index (κ3) is 2.27. The van der Waals surface area contributed by atoms with Crippen molar-refractivity contribution in [1.29, 1.82) is 0 Å². The maximum absolute atomic E-state index is 11.5. The summed E-state index contributed by atoms with van der Waals surface area (Å²) in [6.45, 7) is 3.40. The number of aromatic amines is 1. The highest BCUT2D eigenvalue weighted by Crippen LogP contribution is 2.23. The topological polar surface area (TPSA) is 54.1 Å². The van der Waals surface area contributed by atoms with Crippen molar-refractivity contribution in [3.63, 3.8) is 0 Å². The highest BCUT2D eigenvalue weighted by molar-refractivity contribution is 5.26. The molecule has 1 aromatic heterocycles. The Morgan fingerprint density at radius 2 is 2.40 bits per heavy atom. The molecule has 0 amide bonds. The first-order chi connectivity index (χ1) is 7.29. The van der Waals surface area contributed by atoms with Crippen LogP contribution >= 0.6 is 0 Å². The van der Waals surface area contributed by atoms with E-state index in [9.17, 15) is 4.79 Å². The largest absolute Gasteiger partial charge is 0.329 e. The van der Waals surface area contributed by atoms with Crippen molar-refractivity contribution < 1.29 is 4.84 Å². The molecule has 2 N–H and O–H groups in total. The number of aromatic nitrogens is 1. The fourth-order valence-corrected chi connectivity index (χ4v) is 1.99. The number of nitrogens with one attached hydrogen (secondary N) is 2. The molecular formula is C11H16N2O2. The minimum absolute atomic E-state index is 0.00436. The molecule has 0 bridgehead atoms. The Morgan fingerprint density at radius 1 is 1.53 bits per heavy atom. The van der Waals surface area contributed by atoms with Crippen molar-refractivity contribution >= 4 is 0 Å². The molecule has 1 fully saturated rings. The summed E-state index contributed by atoms with van der Waals surface area (Å²) in [7, 11) is 0. The Kier molecular flexibility index (Phi) is 3.18. The van der Waals surface area contributed by atoms with Gasteiger partial charge in [0.25, 0.3) is 5.56 Å². The van der Waals surface area contributed by atoms with E-state index in [-0.39, 0.29) is 5.56 Å². The molecule has 0 saturated carbocycles. The number of pyridine rings is 1. The normalized spacial score (nSPS) is 22.3. The van der Waals surface area contributed by atoms with Crippen LogP contribution in [0.1, 0.15) is 29.9 Å². The first-order valence-corrected chi connectivity index (χ1v) is 5.32. The predicted octanol–water partition coefficient (Wildman–Crippen LogP) is 1.08. The zero-order chi connectivity index (χ0) is 10.7. The Labute approximate surface area is 88.6 Å². The molecule has 4 heteroatoms. The van der Waals surface area contributed by atoms with Gasteiger partial charge in [-0.1, -0.05) is 0 Å². The van der Waals surface area contributed by atoms with Crippen LogP contribution in [0.25, 0.3) is 0 Å². The number of H-pyrrole nitrogens is 1. The molecule has 1 aromatic rings. The van der Waals surface area contributed by atoms with Crippen molar-refractivity contribution in [1.82, 2.24) is 10.5 Å². The molecule has 1 atom stereocenters. The lowest BCUT2D eigenvalue weighted by atomic mass is 9.93. The number of rotatable bonds is 1. The van der Waals surface area contributed by atoms with Gasteiger partial charge in [-0.2, -0.15) is 0 Å². The predicted molar refractivity (Wildman–Crippen MR) is 57.7 cm³/mol. The average molecular weight is 208 g/mol. The van der Waals surface area contributed by atoms with Gasteiger partial charge in [-0.15, -0.1) is 0 Å². The van der Waals surface area contributed by atoms with Gasteiger partial charge in [0.05, 0.1) is 6.61 Å². The second kappa shape index (κ2) is 4.59. The number of hydroxylamine groups is 1. The Balaban J connectivity index is 2.27. The molecule has 2 rings (SSSR count). The van der Waals surface area contributed by atoms with Crippen molar-refractivity contribution in [2.24, 2.45) is 0 Å². The molecule has 1 saturated heterocycles. The molecule has 1 aliphatic rings. The van der Waals surface area contributed by atoms with Crippen LogP contribution in [0, 0.1) is 6.92 Å². The molecule has 82 valence electrons. The lowest BCUT2D eigenvalue weighted by Gasteiger charge is -2.15. The average Bonchev–Trinajstić information content (AvgIpc) is 2.50. The van der Waals surface area contributed by atoms with E-state index in [1.54, 1.807) is 6.20 Å². The molecule has 4 nitrogen and oxygen atoms in total. The molecular weight excluding hydrogens is 192 g/mol. The summed E-state index contributed by atoms with van der Waals surface area (Å²) in [4.78, 5) is 19.4. The van der Waals surface area contributed by atoms with Crippen LogP contribution in [0.5, 0.6) is 0 Å². The molecule has 0 spiro atoms. The van der Waals surface area contributed by atoms with Gasteiger partial charge in [0.2, 0.25) is 0 Å². The van der Waals surface area contributed by atoms with Crippen LogP contribution in [-0.2, 0) is 4.84 Å². The lowest BCUT2D eigenvalue weighted by Crippen LogP contribution is -2.17. The maximum Gasteiger partial charge on any atom is 0.251 e. The number of hydrogen-bond acceptors (Lipinski definition) is 3. The van der Waals surface area contributed by atoms with Crippen molar-refractivity contribution in [3.05, 3.63) is 33.7 Å². The van der Waals surface area contributed by atoms with Crippen LogP contribution in [0.3, 0.4) is 0 Å². The number of hydrogen-bond donors (Lipinski definition) is 2. The molecule has 0 radical (unpaired) electrons. The summed E-state index contributed by atoms with van der Waals surface area (Å²) < 4.78 is 0. The van der Waals surface area contributed by atoms with E-state index in [4.69, 9.17) is 4.84 Å². The van der Waals surface area contributed by atoms with Gasteiger partial charge < -0.3 is 9.82 Å². The second-order valence-electron chi connectivity index (χ2n) is 3.93. The van der Waals surface area contributed by atoms with Gasteiger partial charge in [0.1, 0.15) is 0 Å². The monoisotopic (exact) mass is 208 g/mol. The molecule has 2 heterocycles. The summed E-state index contributed by atoms with van der Waals surface area (Å²) in [6.07, 6.45) is 3.86. The summed E-state index contributed by atoms with van der Waals surface area (Å²) >= 11 is 0. The third-order valence-electron chi connectivity index (χ3n) is 2.91. The standard InChI is InChI=1S/C11H16N2O2/c1-8-10(4-6-12-11(8)14)9-3-2-5-13-15-7-9/h4,6,9,13H,2-3,5,7H2,1H3,(H,12,14). The zero-order valence-electron chi connectivity index (χ0n) is 8.88. The molecule has 15 heavy (non-hydrogen) atoms. The first-order valence-electron chi connectivity index (χ1n) is 5.32. The quantitative estimate of drug-likeness (QED) is 0.726. The van der Waals surface area contributed by atoms with Gasteiger partial charge in [0.15, 0.2) is 0 Å². The van der Waals surface area contributed by atoms with Gasteiger partial charge in [-0.3, -0.25) is 4.79 Å². The van der Waals surface area contributed by atoms with Gasteiger partial charge in [0, 0.05) is 24.2 Å². The van der Waals surface area contributed by atoms with Gasteiger partial charge in [-0.25, -0.2) is 5.48 Å². The van der Waals surface area contributed by atoms with Crippen LogP contribution in [0.2, 0.25) is 0 Å². The summed E-state index contributed by atoms with van der Waals surface area (Å²) in [6, 6.07) is 1.98. The fourth-order valence-electron chi connectivity index (χ4n) is 1.99. The van der Waals surface area contributed by atoms with E-state index in [1.165, 1.54) is 0 Å². The lowest BCUT2D eigenvalue weighted by molar-refractivity contribution is 0.0452. The Morgan fingerprint density at radius 3 is 3.27 bits per heavy atom. The zero-order valence-corrected chi connectivity index (χ0v) is 8.88. The van der Waals surface area contributed by atoms with E-state index >= 15 is 0 Å². The van der Waals surface area contributed by atoms with Gasteiger partial charge >= 0.3 is 0 Å². The van der Waals surface area contributed by atoms with Gasteiger partial charge in [-0.05, 0) is 31.4 Å². The SMILES string of the molecule is Cc1c(C2CCCNOC2)cc[nH]c1=O. The smallest absolute Gasteiger partial charge is 0.251 e. The van der Waals surface area contributed by atoms with E-state index in [0.29, 0.717) is 12.5 Å². The fraction of sp³-hybridized carbons (Fsp3) is 0.545. The highest BCUT2D eigenvalue weighted by Gasteiger charge is 2.17. The Bertz CT molecular complexity index is 378. The molecule has 0 aliphatic carbocycles. The highest BCUT2D eigenvalue weighted by atomic mass is 16.6.